The minimum Gasteiger partial charge on any atom is -0.383 e. The normalized spacial score (nSPS) is 10.5. The van der Waals surface area contributed by atoms with E-state index in [1.54, 1.807) is 12.4 Å². The third kappa shape index (κ3) is 3.41. The Bertz CT molecular complexity index is 709. The van der Waals surface area contributed by atoms with E-state index in [-0.39, 0.29) is 0 Å². The average Bonchev–Trinajstić information content (AvgIpc) is 2.99. The summed E-state index contributed by atoms with van der Waals surface area (Å²) in [4.78, 5) is 3.96. The molecule has 0 aliphatic carbocycles. The van der Waals surface area contributed by atoms with Crippen molar-refractivity contribution in [3.8, 4) is 5.69 Å². The Labute approximate surface area is 128 Å². The maximum Gasteiger partial charge on any atom is 0.0820 e. The molecule has 1 aromatic carbocycles. The molecule has 5 heteroatoms. The van der Waals surface area contributed by atoms with Gasteiger partial charge in [-0.2, -0.15) is 5.10 Å². The van der Waals surface area contributed by atoms with Gasteiger partial charge in [0, 0.05) is 25.1 Å². The molecule has 0 spiro atoms. The third-order valence-corrected chi connectivity index (χ3v) is 3.46. The Morgan fingerprint density at radius 1 is 1.10 bits per heavy atom. The maximum atomic E-state index is 6.05. The number of rotatable bonds is 5. The van der Waals surface area contributed by atoms with Gasteiger partial charge in [0.2, 0.25) is 0 Å². The van der Waals surface area contributed by atoms with Crippen molar-refractivity contribution in [1.82, 2.24) is 14.8 Å². The minimum atomic E-state index is 0.637. The van der Waals surface area contributed by atoms with Gasteiger partial charge in [-0.05, 0) is 30.2 Å². The quantitative estimate of drug-likeness (QED) is 0.783. The molecule has 0 aliphatic heterocycles. The number of hydrogen-bond acceptors (Lipinski definition) is 3. The Hall–Kier alpha value is -2.33. The monoisotopic (exact) mass is 298 g/mol. The average molecular weight is 299 g/mol. The largest absolute Gasteiger partial charge is 0.383 e. The van der Waals surface area contributed by atoms with Gasteiger partial charge in [0.05, 0.1) is 22.6 Å². The van der Waals surface area contributed by atoms with Crippen LogP contribution in [-0.4, -0.2) is 21.3 Å². The highest BCUT2D eigenvalue weighted by atomic mass is 35.5. The molecule has 0 unspecified atom stereocenters. The van der Waals surface area contributed by atoms with E-state index in [0.717, 1.165) is 24.3 Å². The molecule has 0 saturated heterocycles. The molecule has 21 heavy (non-hydrogen) atoms. The van der Waals surface area contributed by atoms with Crippen LogP contribution in [0, 0.1) is 0 Å². The smallest absolute Gasteiger partial charge is 0.0820 e. The first-order chi connectivity index (χ1) is 10.3. The summed E-state index contributed by atoms with van der Waals surface area (Å²) >= 11 is 6.05. The molecule has 2 aromatic heterocycles. The summed E-state index contributed by atoms with van der Waals surface area (Å²) in [6, 6.07) is 11.9. The molecule has 0 aliphatic rings. The number of nitrogens with zero attached hydrogens (tertiary/aromatic N) is 3. The first-order valence-electron chi connectivity index (χ1n) is 6.75. The fourth-order valence-corrected chi connectivity index (χ4v) is 2.26. The van der Waals surface area contributed by atoms with Crippen molar-refractivity contribution in [2.24, 2.45) is 0 Å². The molecule has 3 aromatic rings. The van der Waals surface area contributed by atoms with Crippen LogP contribution >= 0.6 is 11.6 Å². The Kier molecular flexibility index (Phi) is 4.17. The standard InChI is InChI=1S/C16H15ClN4/c17-15-11-18-8-7-16(15)19-9-6-13-10-20-21(12-13)14-4-2-1-3-5-14/h1-5,7-8,10-12H,6,9H2,(H,18,19). The van der Waals surface area contributed by atoms with Crippen LogP contribution in [0.3, 0.4) is 0 Å². The lowest BCUT2D eigenvalue weighted by molar-refractivity contribution is 0.879. The second-order valence-electron chi connectivity index (χ2n) is 4.66. The Morgan fingerprint density at radius 2 is 1.95 bits per heavy atom. The van der Waals surface area contributed by atoms with Crippen molar-refractivity contribution >= 4 is 17.3 Å². The maximum absolute atomic E-state index is 6.05. The zero-order valence-electron chi connectivity index (χ0n) is 11.4. The fraction of sp³-hybridized carbons (Fsp3) is 0.125. The SMILES string of the molecule is Clc1cnccc1NCCc1cnn(-c2ccccc2)c1. The van der Waals surface area contributed by atoms with Gasteiger partial charge in [-0.25, -0.2) is 4.68 Å². The summed E-state index contributed by atoms with van der Waals surface area (Å²) in [5.74, 6) is 0. The first-order valence-corrected chi connectivity index (χ1v) is 7.13. The summed E-state index contributed by atoms with van der Waals surface area (Å²) in [7, 11) is 0. The van der Waals surface area contributed by atoms with Crippen molar-refractivity contribution in [3.05, 3.63) is 71.8 Å². The summed E-state index contributed by atoms with van der Waals surface area (Å²) in [6.07, 6.45) is 8.18. The molecule has 0 fully saturated rings. The van der Waals surface area contributed by atoms with E-state index >= 15 is 0 Å². The van der Waals surface area contributed by atoms with Crippen LogP contribution in [0.5, 0.6) is 0 Å². The zero-order valence-corrected chi connectivity index (χ0v) is 12.2. The van der Waals surface area contributed by atoms with Crippen molar-refractivity contribution in [2.75, 3.05) is 11.9 Å². The Balaban J connectivity index is 1.60. The van der Waals surface area contributed by atoms with Crippen LogP contribution in [0.2, 0.25) is 5.02 Å². The molecule has 3 rings (SSSR count). The van der Waals surface area contributed by atoms with Crippen molar-refractivity contribution in [2.45, 2.75) is 6.42 Å². The van der Waals surface area contributed by atoms with Crippen LogP contribution in [0.4, 0.5) is 5.69 Å². The van der Waals surface area contributed by atoms with E-state index in [0.29, 0.717) is 5.02 Å². The van der Waals surface area contributed by atoms with E-state index in [9.17, 15) is 0 Å². The highest BCUT2D eigenvalue weighted by Gasteiger charge is 2.02. The highest BCUT2D eigenvalue weighted by Crippen LogP contribution is 2.19. The number of nitrogens with one attached hydrogen (secondary N) is 1. The lowest BCUT2D eigenvalue weighted by atomic mass is 10.2. The zero-order chi connectivity index (χ0) is 14.5. The van der Waals surface area contributed by atoms with Crippen LogP contribution in [0.25, 0.3) is 5.69 Å². The predicted molar refractivity (Wildman–Crippen MR) is 85.0 cm³/mol. The van der Waals surface area contributed by atoms with Crippen LogP contribution < -0.4 is 5.32 Å². The molecule has 0 saturated carbocycles. The van der Waals surface area contributed by atoms with Crippen LogP contribution in [0.15, 0.2) is 61.2 Å². The number of pyridine rings is 1. The lowest BCUT2D eigenvalue weighted by Crippen LogP contribution is -2.04. The van der Waals surface area contributed by atoms with Gasteiger partial charge in [0.1, 0.15) is 0 Å². The molecule has 0 radical (unpaired) electrons. The number of benzene rings is 1. The molecule has 0 amide bonds. The molecule has 0 bridgehead atoms. The van der Waals surface area contributed by atoms with Gasteiger partial charge >= 0.3 is 0 Å². The van der Waals surface area contributed by atoms with Gasteiger partial charge < -0.3 is 5.32 Å². The second-order valence-corrected chi connectivity index (χ2v) is 5.07. The number of aromatic nitrogens is 3. The van der Waals surface area contributed by atoms with E-state index in [2.05, 4.69) is 15.4 Å². The van der Waals surface area contributed by atoms with Gasteiger partial charge in [-0.15, -0.1) is 0 Å². The number of anilines is 1. The molecule has 106 valence electrons. The molecular weight excluding hydrogens is 284 g/mol. The molecule has 2 heterocycles. The molecule has 1 N–H and O–H groups in total. The van der Waals surface area contributed by atoms with E-state index < -0.39 is 0 Å². The predicted octanol–water partition coefficient (Wildman–Crippen LogP) is 3.58. The lowest BCUT2D eigenvalue weighted by Gasteiger charge is -2.06. The van der Waals surface area contributed by atoms with Gasteiger partial charge in [-0.3, -0.25) is 4.98 Å². The van der Waals surface area contributed by atoms with Gasteiger partial charge in [0.25, 0.3) is 0 Å². The molecule has 4 nitrogen and oxygen atoms in total. The highest BCUT2D eigenvalue weighted by molar-refractivity contribution is 6.33. The van der Waals surface area contributed by atoms with Crippen LogP contribution in [0.1, 0.15) is 5.56 Å². The summed E-state index contributed by atoms with van der Waals surface area (Å²) in [5.41, 5.74) is 3.15. The summed E-state index contributed by atoms with van der Waals surface area (Å²) in [5, 5.41) is 8.32. The van der Waals surface area contributed by atoms with E-state index in [1.165, 1.54) is 5.56 Å². The van der Waals surface area contributed by atoms with Crippen molar-refractivity contribution in [1.29, 1.82) is 0 Å². The van der Waals surface area contributed by atoms with Gasteiger partial charge in [0.15, 0.2) is 0 Å². The Morgan fingerprint density at radius 3 is 2.76 bits per heavy atom. The summed E-state index contributed by atoms with van der Waals surface area (Å²) < 4.78 is 1.88. The summed E-state index contributed by atoms with van der Waals surface area (Å²) in [6.45, 7) is 0.796. The third-order valence-electron chi connectivity index (χ3n) is 3.16. The molecule has 0 atom stereocenters. The number of halogens is 1. The molecular formula is C16H15ClN4. The van der Waals surface area contributed by atoms with Crippen molar-refractivity contribution in [3.63, 3.8) is 0 Å². The van der Waals surface area contributed by atoms with Gasteiger partial charge in [-0.1, -0.05) is 29.8 Å². The number of para-hydroxylation sites is 1. The first kappa shape index (κ1) is 13.6. The van der Waals surface area contributed by atoms with Crippen LogP contribution in [-0.2, 0) is 6.42 Å². The fourth-order valence-electron chi connectivity index (χ4n) is 2.07. The van der Waals surface area contributed by atoms with E-state index in [1.807, 2.05) is 53.5 Å². The minimum absolute atomic E-state index is 0.637. The van der Waals surface area contributed by atoms with E-state index in [4.69, 9.17) is 11.6 Å². The number of hydrogen-bond donors (Lipinski definition) is 1. The second kappa shape index (κ2) is 6.41. The van der Waals surface area contributed by atoms with Crippen molar-refractivity contribution < 1.29 is 0 Å². The topological polar surface area (TPSA) is 42.7 Å².